The molecule has 1 rings (SSSR count). The predicted molar refractivity (Wildman–Crippen MR) is 68.3 cm³/mol. The van der Waals surface area contributed by atoms with Gasteiger partial charge in [0.15, 0.2) is 0 Å². The van der Waals surface area contributed by atoms with E-state index in [9.17, 15) is 14.9 Å². The van der Waals surface area contributed by atoms with E-state index in [0.717, 1.165) is 18.9 Å². The van der Waals surface area contributed by atoms with Gasteiger partial charge in [-0.1, -0.05) is 13.3 Å². The van der Waals surface area contributed by atoms with Gasteiger partial charge in [-0.3, -0.25) is 10.1 Å². The molecule has 0 aliphatic heterocycles. The topological polar surface area (TPSA) is 78.7 Å². The third-order valence-electron chi connectivity index (χ3n) is 2.35. The van der Waals surface area contributed by atoms with Crippen LogP contribution in [0.25, 0.3) is 0 Å². The second-order valence-corrected chi connectivity index (χ2v) is 3.78. The van der Waals surface area contributed by atoms with E-state index in [4.69, 9.17) is 9.47 Å². The second-order valence-electron chi connectivity index (χ2n) is 3.78. The molecule has 1 aromatic rings. The van der Waals surface area contributed by atoms with Gasteiger partial charge in [0, 0.05) is 6.07 Å². The summed E-state index contributed by atoms with van der Waals surface area (Å²) in [5.41, 5.74) is -0.228. The molecule has 0 heterocycles. The van der Waals surface area contributed by atoms with Gasteiger partial charge in [-0.25, -0.2) is 4.79 Å². The van der Waals surface area contributed by atoms with E-state index in [1.807, 2.05) is 6.92 Å². The Hall–Kier alpha value is -2.11. The summed E-state index contributed by atoms with van der Waals surface area (Å²) in [6.07, 6.45) is 1.78. The molecule has 0 atom stereocenters. The average Bonchev–Trinajstić information content (AvgIpc) is 2.39. The lowest BCUT2D eigenvalue weighted by Gasteiger charge is -2.10. The normalized spacial score (nSPS) is 10.0. The summed E-state index contributed by atoms with van der Waals surface area (Å²) >= 11 is 0. The number of hydrogen-bond donors (Lipinski definition) is 0. The van der Waals surface area contributed by atoms with E-state index in [1.165, 1.54) is 6.07 Å². The molecule has 0 unspecified atom stereocenters. The summed E-state index contributed by atoms with van der Waals surface area (Å²) in [5, 5.41) is 10.7. The number of esters is 1. The molecule has 0 saturated heterocycles. The highest BCUT2D eigenvalue weighted by atomic mass is 16.6. The van der Waals surface area contributed by atoms with Crippen LogP contribution in [0.1, 0.15) is 37.0 Å². The van der Waals surface area contributed by atoms with Gasteiger partial charge in [0.05, 0.1) is 24.2 Å². The van der Waals surface area contributed by atoms with E-state index >= 15 is 0 Å². The van der Waals surface area contributed by atoms with Crippen LogP contribution in [0.2, 0.25) is 0 Å². The van der Waals surface area contributed by atoms with Gasteiger partial charge in [0.2, 0.25) is 0 Å². The minimum atomic E-state index is -0.633. The summed E-state index contributed by atoms with van der Waals surface area (Å²) in [6.45, 7) is 4.31. The van der Waals surface area contributed by atoms with Crippen molar-refractivity contribution in [2.75, 3.05) is 13.2 Å². The number of nitro groups is 1. The number of non-ortho nitro benzene ring substituents is 1. The van der Waals surface area contributed by atoms with Crippen molar-refractivity contribution >= 4 is 11.7 Å². The van der Waals surface area contributed by atoms with Crippen LogP contribution in [0.3, 0.4) is 0 Å². The average molecular weight is 266 g/mol. The van der Waals surface area contributed by atoms with Crippen molar-refractivity contribution in [2.24, 2.45) is 0 Å². The van der Waals surface area contributed by atoms with Crippen molar-refractivity contribution < 1.29 is 19.2 Å². The number of benzene rings is 1. The minimum Gasteiger partial charge on any atom is -0.493 e. The highest BCUT2D eigenvalue weighted by molar-refractivity contribution is 5.93. The first-order valence-corrected chi connectivity index (χ1v) is 6.10. The van der Waals surface area contributed by atoms with Crippen LogP contribution in [0.15, 0.2) is 12.1 Å². The third kappa shape index (κ3) is 4.24. The van der Waals surface area contributed by atoms with Gasteiger partial charge in [-0.15, -0.1) is 0 Å². The highest BCUT2D eigenvalue weighted by Crippen LogP contribution is 2.24. The molecule has 0 fully saturated rings. The van der Waals surface area contributed by atoms with Crippen molar-refractivity contribution in [2.45, 2.75) is 26.7 Å². The molecular formula is C13H16NO5. The van der Waals surface area contributed by atoms with Gasteiger partial charge >= 0.3 is 5.97 Å². The van der Waals surface area contributed by atoms with Gasteiger partial charge in [-0.2, -0.15) is 0 Å². The van der Waals surface area contributed by atoms with Gasteiger partial charge < -0.3 is 9.47 Å². The maximum absolute atomic E-state index is 11.7. The second kappa shape index (κ2) is 7.35. The van der Waals surface area contributed by atoms with E-state index in [2.05, 4.69) is 6.07 Å². The fourth-order valence-electron chi connectivity index (χ4n) is 1.39. The number of unbranched alkanes of at least 4 members (excludes halogenated alkanes) is 1. The number of hydrogen-bond acceptors (Lipinski definition) is 5. The standard InChI is InChI=1S/C13H16NO5/c1-3-5-8-19-12-7-6-10(14(16)17)9-11(12)13(15)18-4-2/h7,9H,3-5,8H2,1-2H3. The summed E-state index contributed by atoms with van der Waals surface area (Å²) in [7, 11) is 0. The molecule has 0 aliphatic rings. The lowest BCUT2D eigenvalue weighted by Crippen LogP contribution is -2.09. The first-order valence-electron chi connectivity index (χ1n) is 6.10. The van der Waals surface area contributed by atoms with Gasteiger partial charge in [0.25, 0.3) is 5.69 Å². The molecule has 0 N–H and O–H groups in total. The van der Waals surface area contributed by atoms with Crippen LogP contribution < -0.4 is 4.74 Å². The number of ether oxygens (including phenoxy) is 2. The monoisotopic (exact) mass is 266 g/mol. The minimum absolute atomic E-state index is 0.0587. The van der Waals surface area contributed by atoms with E-state index < -0.39 is 10.9 Å². The Morgan fingerprint density at radius 3 is 2.79 bits per heavy atom. The van der Waals surface area contributed by atoms with E-state index in [-0.39, 0.29) is 23.6 Å². The van der Waals surface area contributed by atoms with Crippen LogP contribution >= 0.6 is 0 Å². The molecule has 0 amide bonds. The molecule has 103 valence electrons. The quantitative estimate of drug-likeness (QED) is 0.328. The van der Waals surface area contributed by atoms with Crippen LogP contribution in [0.4, 0.5) is 5.69 Å². The zero-order chi connectivity index (χ0) is 14.3. The maximum Gasteiger partial charge on any atom is 0.342 e. The van der Waals surface area contributed by atoms with Gasteiger partial charge in [-0.05, 0) is 19.4 Å². The zero-order valence-electron chi connectivity index (χ0n) is 11.0. The molecule has 6 nitrogen and oxygen atoms in total. The fraction of sp³-hybridized carbons (Fsp3) is 0.462. The van der Waals surface area contributed by atoms with Crippen molar-refractivity contribution in [1.29, 1.82) is 0 Å². The van der Waals surface area contributed by atoms with Crippen LogP contribution in [0, 0.1) is 16.2 Å². The molecule has 0 saturated carbocycles. The lowest BCUT2D eigenvalue weighted by molar-refractivity contribution is -0.385. The molecule has 19 heavy (non-hydrogen) atoms. The molecule has 0 spiro atoms. The maximum atomic E-state index is 11.7. The Bertz CT molecular complexity index is 458. The van der Waals surface area contributed by atoms with E-state index in [1.54, 1.807) is 6.92 Å². The molecule has 1 aromatic carbocycles. The Balaban J connectivity index is 3.00. The molecule has 0 aliphatic carbocycles. The van der Waals surface area contributed by atoms with Crippen LogP contribution in [-0.2, 0) is 4.74 Å². The Kier molecular flexibility index (Phi) is 5.78. The summed E-state index contributed by atoms with van der Waals surface area (Å²) < 4.78 is 10.3. The number of rotatable bonds is 7. The number of nitro benzene ring substituents is 1. The first kappa shape index (κ1) is 14.9. The fourth-order valence-corrected chi connectivity index (χ4v) is 1.39. The SMILES string of the molecule is CCCCOc1c[c]c([N+](=O)[O-])cc1C(=O)OCC. The van der Waals surface area contributed by atoms with E-state index in [0.29, 0.717) is 6.61 Å². The van der Waals surface area contributed by atoms with Crippen molar-refractivity contribution in [3.63, 3.8) is 0 Å². The Labute approximate surface area is 111 Å². The Morgan fingerprint density at radius 2 is 2.21 bits per heavy atom. The summed E-state index contributed by atoms with van der Waals surface area (Å²) in [6, 6.07) is 4.90. The van der Waals surface area contributed by atoms with Crippen LogP contribution in [0.5, 0.6) is 5.75 Å². The van der Waals surface area contributed by atoms with Crippen LogP contribution in [-0.4, -0.2) is 24.1 Å². The first-order chi connectivity index (χ1) is 9.10. The van der Waals surface area contributed by atoms with Crippen molar-refractivity contribution in [1.82, 2.24) is 0 Å². The van der Waals surface area contributed by atoms with Crippen molar-refractivity contribution in [3.8, 4) is 5.75 Å². The predicted octanol–water partition coefficient (Wildman–Crippen LogP) is 2.75. The molecule has 0 aromatic heterocycles. The lowest BCUT2D eigenvalue weighted by atomic mass is 10.2. The summed E-state index contributed by atoms with van der Waals surface area (Å²) in [4.78, 5) is 21.8. The number of carbonyl (C=O) groups excluding carboxylic acids is 1. The molecule has 0 bridgehead atoms. The number of carbonyl (C=O) groups is 1. The highest BCUT2D eigenvalue weighted by Gasteiger charge is 2.19. The number of nitrogens with zero attached hydrogens (tertiary/aromatic N) is 1. The Morgan fingerprint density at radius 1 is 1.47 bits per heavy atom. The summed E-state index contributed by atoms with van der Waals surface area (Å²) in [5.74, 6) is -0.372. The third-order valence-corrected chi connectivity index (χ3v) is 2.35. The zero-order valence-corrected chi connectivity index (χ0v) is 11.0. The molecule has 6 heteroatoms. The largest absolute Gasteiger partial charge is 0.493 e. The molecule has 1 radical (unpaired) electrons. The van der Waals surface area contributed by atoms with Crippen molar-refractivity contribution in [3.05, 3.63) is 33.9 Å². The smallest absolute Gasteiger partial charge is 0.342 e. The van der Waals surface area contributed by atoms with Gasteiger partial charge in [0.1, 0.15) is 11.3 Å². The molecular weight excluding hydrogens is 250 g/mol.